The zero-order valence-electron chi connectivity index (χ0n) is 16.7. The van der Waals surface area contributed by atoms with Gasteiger partial charge in [-0.2, -0.15) is 0 Å². The maximum Gasteiger partial charge on any atom is 0.267 e. The first-order chi connectivity index (χ1) is 14.9. The van der Waals surface area contributed by atoms with Crippen molar-refractivity contribution in [3.05, 3.63) is 44.7 Å². The van der Waals surface area contributed by atoms with Crippen LogP contribution in [0.2, 0.25) is 0 Å². The van der Waals surface area contributed by atoms with Crippen molar-refractivity contribution in [2.24, 2.45) is 0 Å². The topological polar surface area (TPSA) is 107 Å². The molecule has 31 heavy (non-hydrogen) atoms. The third-order valence-electron chi connectivity index (χ3n) is 5.06. The summed E-state index contributed by atoms with van der Waals surface area (Å²) in [6.07, 6.45) is 2.83. The SMILES string of the molecule is Cc1cccn2c(=O)c(C=C3SC(=S)N(CCC(=O)[O-])C3=O)c(N3CCOCC3)nc12. The van der Waals surface area contributed by atoms with Crippen LogP contribution in [0.25, 0.3) is 11.7 Å². The number of carboxylic acids is 1. The van der Waals surface area contributed by atoms with Crippen molar-refractivity contribution in [1.82, 2.24) is 14.3 Å². The van der Waals surface area contributed by atoms with E-state index in [0.29, 0.717) is 37.8 Å². The highest BCUT2D eigenvalue weighted by Crippen LogP contribution is 2.33. The van der Waals surface area contributed by atoms with Gasteiger partial charge in [-0.25, -0.2) is 4.98 Å². The zero-order valence-corrected chi connectivity index (χ0v) is 18.3. The van der Waals surface area contributed by atoms with Gasteiger partial charge in [0.05, 0.1) is 23.7 Å². The largest absolute Gasteiger partial charge is 0.550 e. The number of aromatic nitrogens is 2. The molecule has 2 saturated heterocycles. The Bertz CT molecular complexity index is 1170. The molecule has 0 aromatic carbocycles. The van der Waals surface area contributed by atoms with Crippen LogP contribution in [0.4, 0.5) is 5.82 Å². The molecular weight excluding hydrogens is 440 g/mol. The van der Waals surface area contributed by atoms with Gasteiger partial charge in [0.2, 0.25) is 0 Å². The van der Waals surface area contributed by atoms with E-state index >= 15 is 0 Å². The van der Waals surface area contributed by atoms with E-state index in [9.17, 15) is 19.5 Å². The van der Waals surface area contributed by atoms with Gasteiger partial charge in [0.15, 0.2) is 0 Å². The Kier molecular flexibility index (Phi) is 6.08. The number of thioether (sulfide) groups is 1. The van der Waals surface area contributed by atoms with Crippen LogP contribution in [0.3, 0.4) is 0 Å². The second-order valence-electron chi connectivity index (χ2n) is 7.09. The Morgan fingerprint density at radius 1 is 1.35 bits per heavy atom. The summed E-state index contributed by atoms with van der Waals surface area (Å²) in [5, 5.41) is 10.8. The summed E-state index contributed by atoms with van der Waals surface area (Å²) in [5.41, 5.74) is 1.39. The van der Waals surface area contributed by atoms with E-state index < -0.39 is 11.9 Å². The number of pyridine rings is 1. The number of nitrogens with zero attached hydrogens (tertiary/aromatic N) is 4. The van der Waals surface area contributed by atoms with Gasteiger partial charge >= 0.3 is 0 Å². The summed E-state index contributed by atoms with van der Waals surface area (Å²) in [7, 11) is 0. The molecule has 4 rings (SSSR count). The lowest BCUT2D eigenvalue weighted by molar-refractivity contribution is -0.305. The number of carboxylic acid groups (broad SMARTS) is 1. The summed E-state index contributed by atoms with van der Waals surface area (Å²) in [6.45, 7) is 3.98. The number of aliphatic carboxylic acids is 1. The van der Waals surface area contributed by atoms with Gasteiger partial charge in [0, 0.05) is 38.2 Å². The number of carbonyl (C=O) groups is 2. The Morgan fingerprint density at radius 3 is 2.81 bits per heavy atom. The average Bonchev–Trinajstić information content (AvgIpc) is 3.02. The lowest BCUT2D eigenvalue weighted by Gasteiger charge is -2.29. The number of amides is 1. The van der Waals surface area contributed by atoms with Crippen LogP contribution >= 0.6 is 24.0 Å². The van der Waals surface area contributed by atoms with Crippen molar-refractivity contribution in [2.75, 3.05) is 37.7 Å². The second kappa shape index (κ2) is 8.77. The third kappa shape index (κ3) is 4.21. The number of aryl methyl sites for hydroxylation is 1. The summed E-state index contributed by atoms with van der Waals surface area (Å²) < 4.78 is 7.13. The molecule has 2 aliphatic heterocycles. The van der Waals surface area contributed by atoms with Crippen molar-refractivity contribution in [3.63, 3.8) is 0 Å². The minimum absolute atomic E-state index is 0.0746. The van der Waals surface area contributed by atoms with Crippen LogP contribution in [0.15, 0.2) is 28.0 Å². The van der Waals surface area contributed by atoms with E-state index in [2.05, 4.69) is 0 Å². The van der Waals surface area contributed by atoms with E-state index in [1.54, 1.807) is 12.3 Å². The van der Waals surface area contributed by atoms with Gasteiger partial charge in [-0.05, 0) is 24.6 Å². The lowest BCUT2D eigenvalue weighted by Crippen LogP contribution is -2.38. The molecule has 11 heteroatoms. The summed E-state index contributed by atoms with van der Waals surface area (Å²) in [6, 6.07) is 3.65. The van der Waals surface area contributed by atoms with Crippen molar-refractivity contribution in [1.29, 1.82) is 0 Å². The minimum atomic E-state index is -1.26. The monoisotopic (exact) mass is 459 g/mol. The fourth-order valence-electron chi connectivity index (χ4n) is 3.47. The van der Waals surface area contributed by atoms with Crippen molar-refractivity contribution < 1.29 is 19.4 Å². The Hall–Kier alpha value is -2.76. The number of anilines is 1. The van der Waals surface area contributed by atoms with E-state index in [-0.39, 0.29) is 33.3 Å². The van der Waals surface area contributed by atoms with Crippen molar-refractivity contribution >= 4 is 57.7 Å². The lowest BCUT2D eigenvalue weighted by atomic mass is 10.2. The van der Waals surface area contributed by atoms with Crippen LogP contribution in [-0.4, -0.2) is 63.3 Å². The number of hydrogen-bond acceptors (Lipinski definition) is 9. The second-order valence-corrected chi connectivity index (χ2v) is 8.77. The number of fused-ring (bicyclic) bond motifs is 1. The van der Waals surface area contributed by atoms with Crippen LogP contribution in [-0.2, 0) is 14.3 Å². The van der Waals surface area contributed by atoms with E-state index in [0.717, 1.165) is 17.3 Å². The molecule has 162 valence electrons. The molecular formula is C20H19N4O5S2-. The Balaban J connectivity index is 1.82. The molecule has 0 radical (unpaired) electrons. The Labute approximate surface area is 187 Å². The smallest absolute Gasteiger partial charge is 0.267 e. The highest BCUT2D eigenvalue weighted by molar-refractivity contribution is 8.26. The minimum Gasteiger partial charge on any atom is -0.550 e. The molecule has 4 heterocycles. The molecule has 9 nitrogen and oxygen atoms in total. The van der Waals surface area contributed by atoms with E-state index in [4.69, 9.17) is 21.9 Å². The zero-order chi connectivity index (χ0) is 22.1. The van der Waals surface area contributed by atoms with Gasteiger partial charge < -0.3 is 19.5 Å². The number of carbonyl (C=O) groups excluding carboxylic acids is 2. The van der Waals surface area contributed by atoms with Crippen LogP contribution < -0.4 is 15.6 Å². The van der Waals surface area contributed by atoms with Gasteiger partial charge in [-0.1, -0.05) is 30.0 Å². The van der Waals surface area contributed by atoms with E-state index in [1.807, 2.05) is 17.9 Å². The number of ether oxygens (including phenoxy) is 1. The van der Waals surface area contributed by atoms with Crippen molar-refractivity contribution in [3.8, 4) is 0 Å². The molecule has 0 bridgehead atoms. The molecule has 1 amide bonds. The maximum absolute atomic E-state index is 13.4. The number of thiocarbonyl (C=S) groups is 1. The van der Waals surface area contributed by atoms with Crippen LogP contribution in [0.5, 0.6) is 0 Å². The van der Waals surface area contributed by atoms with Crippen LogP contribution in [0, 0.1) is 6.92 Å². The number of morpholine rings is 1. The fraction of sp³-hybridized carbons (Fsp3) is 0.350. The maximum atomic E-state index is 13.4. The molecule has 2 aromatic heterocycles. The summed E-state index contributed by atoms with van der Waals surface area (Å²) in [5.74, 6) is -1.21. The van der Waals surface area contributed by atoms with Crippen LogP contribution in [0.1, 0.15) is 17.5 Å². The molecule has 2 aliphatic rings. The molecule has 0 N–H and O–H groups in total. The third-order valence-corrected chi connectivity index (χ3v) is 6.44. The first-order valence-corrected chi connectivity index (χ1v) is 10.9. The molecule has 0 atom stereocenters. The number of hydrogen-bond donors (Lipinski definition) is 0. The highest BCUT2D eigenvalue weighted by atomic mass is 32.2. The van der Waals surface area contributed by atoms with Crippen molar-refractivity contribution in [2.45, 2.75) is 13.3 Å². The van der Waals surface area contributed by atoms with E-state index in [1.165, 1.54) is 15.4 Å². The summed E-state index contributed by atoms with van der Waals surface area (Å²) >= 11 is 6.27. The van der Waals surface area contributed by atoms with Gasteiger partial charge in [0.25, 0.3) is 11.5 Å². The van der Waals surface area contributed by atoms with Gasteiger partial charge in [0.1, 0.15) is 15.8 Å². The highest BCUT2D eigenvalue weighted by Gasteiger charge is 2.32. The quantitative estimate of drug-likeness (QED) is 0.457. The molecule has 2 fully saturated rings. The predicted octanol–water partition coefficient (Wildman–Crippen LogP) is 0.181. The Morgan fingerprint density at radius 2 is 2.10 bits per heavy atom. The molecule has 0 aliphatic carbocycles. The van der Waals surface area contributed by atoms with Gasteiger partial charge in [-0.3, -0.25) is 18.9 Å². The fourth-order valence-corrected chi connectivity index (χ4v) is 4.76. The summed E-state index contributed by atoms with van der Waals surface area (Å²) in [4.78, 5) is 45.2. The first-order valence-electron chi connectivity index (χ1n) is 9.66. The average molecular weight is 460 g/mol. The first kappa shape index (κ1) is 21.5. The molecule has 2 aromatic rings. The number of rotatable bonds is 5. The van der Waals surface area contributed by atoms with Gasteiger partial charge in [-0.15, -0.1) is 0 Å². The molecule has 0 saturated carbocycles. The molecule has 0 unspecified atom stereocenters. The predicted molar refractivity (Wildman–Crippen MR) is 119 cm³/mol. The normalized spacial score (nSPS) is 18.4. The molecule has 0 spiro atoms. The standard InChI is InChI=1S/C20H20N4O5S2/c1-12-3-2-5-23-16(12)21-17(22-7-9-29-10-8-22)13(18(23)27)11-14-19(28)24(20(30)31-14)6-4-15(25)26/h2-3,5,11H,4,6-10H2,1H3,(H,25,26)/p-1.